The molecule has 0 bridgehead atoms. The van der Waals surface area contributed by atoms with Crippen LogP contribution in [0.3, 0.4) is 0 Å². The van der Waals surface area contributed by atoms with Crippen molar-refractivity contribution in [3.63, 3.8) is 0 Å². The Balaban J connectivity index is 2.31. The van der Waals surface area contributed by atoms with Gasteiger partial charge >= 0.3 is 0 Å². The fourth-order valence-corrected chi connectivity index (χ4v) is 1.64. The number of benzene rings is 1. The zero-order valence-corrected chi connectivity index (χ0v) is 9.97. The van der Waals surface area contributed by atoms with Crippen LogP contribution in [0.1, 0.15) is 5.56 Å². The van der Waals surface area contributed by atoms with Crippen molar-refractivity contribution in [3.8, 4) is 0 Å². The molecule has 0 radical (unpaired) electrons. The van der Waals surface area contributed by atoms with Crippen molar-refractivity contribution in [3.05, 3.63) is 41.7 Å². The van der Waals surface area contributed by atoms with Crippen molar-refractivity contribution in [2.24, 2.45) is 10.7 Å². The van der Waals surface area contributed by atoms with Crippen LogP contribution in [0.4, 0.5) is 0 Å². The normalized spacial score (nSPS) is 12.7. The molecule has 1 aromatic carbocycles. The third-order valence-electron chi connectivity index (χ3n) is 2.54. The first kappa shape index (κ1) is 11.9. The quantitative estimate of drug-likeness (QED) is 0.328. The van der Waals surface area contributed by atoms with Gasteiger partial charge in [0.2, 0.25) is 0 Å². The zero-order chi connectivity index (χ0) is 13.0. The van der Waals surface area contributed by atoms with Gasteiger partial charge in [0.05, 0.1) is 5.70 Å². The Morgan fingerprint density at radius 3 is 3.00 bits per heavy atom. The summed E-state index contributed by atoms with van der Waals surface area (Å²) >= 11 is 0. The average Bonchev–Trinajstić information content (AvgIpc) is 2.85. The number of carbonyl (C=O) groups is 1. The maximum absolute atomic E-state index is 10.9. The van der Waals surface area contributed by atoms with Gasteiger partial charge in [-0.3, -0.25) is 9.79 Å². The number of carbonyl (C=O) groups excluding carboxylic acids is 1. The number of aldehydes is 1. The lowest BCUT2D eigenvalue weighted by atomic mass is 10.1. The fourth-order valence-electron chi connectivity index (χ4n) is 1.64. The minimum Gasteiger partial charge on any atom is -0.370 e. The van der Waals surface area contributed by atoms with Crippen LogP contribution < -0.4 is 11.1 Å². The number of allylic oxidation sites excluding steroid dienone is 1. The molecule has 0 fully saturated rings. The van der Waals surface area contributed by atoms with Crippen LogP contribution >= 0.6 is 0 Å². The summed E-state index contributed by atoms with van der Waals surface area (Å²) < 4.78 is 0. The molecule has 0 amide bonds. The van der Waals surface area contributed by atoms with Crippen LogP contribution in [0.15, 0.2) is 41.2 Å². The average molecular weight is 242 g/mol. The molecule has 2 rings (SSSR count). The Kier molecular flexibility index (Phi) is 3.43. The lowest BCUT2D eigenvalue weighted by Crippen LogP contribution is -2.31. The summed E-state index contributed by atoms with van der Waals surface area (Å²) in [6.07, 6.45) is 4.30. The van der Waals surface area contributed by atoms with Crippen molar-refractivity contribution >= 4 is 29.2 Å². The lowest BCUT2D eigenvalue weighted by Gasteiger charge is -2.03. The van der Waals surface area contributed by atoms with E-state index in [1.165, 1.54) is 0 Å². The van der Waals surface area contributed by atoms with E-state index in [2.05, 4.69) is 15.3 Å². The van der Waals surface area contributed by atoms with E-state index in [0.717, 1.165) is 16.5 Å². The number of guanidine groups is 1. The van der Waals surface area contributed by atoms with E-state index in [1.807, 2.05) is 30.5 Å². The highest BCUT2D eigenvalue weighted by atomic mass is 16.1. The van der Waals surface area contributed by atoms with E-state index in [-0.39, 0.29) is 5.96 Å². The van der Waals surface area contributed by atoms with Crippen LogP contribution in [0.25, 0.3) is 17.0 Å². The highest BCUT2D eigenvalue weighted by molar-refractivity contribution is 5.91. The topological polar surface area (TPSA) is 83.3 Å². The molecule has 2 aromatic rings. The molecular formula is C13H14N4O. The molecule has 0 unspecified atom stereocenters. The summed E-state index contributed by atoms with van der Waals surface area (Å²) in [7, 11) is 1.55. The summed E-state index contributed by atoms with van der Waals surface area (Å²) in [6.45, 7) is 0. The third kappa shape index (κ3) is 2.57. The molecule has 0 saturated heterocycles. The van der Waals surface area contributed by atoms with Crippen LogP contribution in [0.5, 0.6) is 0 Å². The van der Waals surface area contributed by atoms with Crippen LogP contribution in [0, 0.1) is 0 Å². The van der Waals surface area contributed by atoms with E-state index in [9.17, 15) is 4.79 Å². The van der Waals surface area contributed by atoms with Crippen LogP contribution in [-0.2, 0) is 4.79 Å². The Morgan fingerprint density at radius 1 is 1.44 bits per heavy atom. The monoisotopic (exact) mass is 242 g/mol. The number of aromatic nitrogens is 1. The minimum atomic E-state index is 0.205. The van der Waals surface area contributed by atoms with Crippen molar-refractivity contribution in [2.45, 2.75) is 0 Å². The van der Waals surface area contributed by atoms with Crippen LogP contribution in [-0.4, -0.2) is 24.3 Å². The molecule has 5 nitrogen and oxygen atoms in total. The molecule has 1 heterocycles. The van der Waals surface area contributed by atoms with Gasteiger partial charge in [0.1, 0.15) is 0 Å². The Bertz CT molecular complexity index is 625. The smallest absolute Gasteiger partial charge is 0.192 e. The molecule has 0 aliphatic carbocycles. The SMILES string of the molecule is CN=C(N)N/C(C=O)=C\c1ccc2[nH]ccc2c1. The molecule has 4 N–H and O–H groups in total. The molecule has 18 heavy (non-hydrogen) atoms. The second-order valence-electron chi connectivity index (χ2n) is 3.78. The van der Waals surface area contributed by atoms with Gasteiger partial charge in [-0.05, 0) is 35.2 Å². The van der Waals surface area contributed by atoms with E-state index >= 15 is 0 Å². The summed E-state index contributed by atoms with van der Waals surface area (Å²) in [5.74, 6) is 0.205. The van der Waals surface area contributed by atoms with Gasteiger partial charge < -0.3 is 16.0 Å². The van der Waals surface area contributed by atoms with E-state index in [1.54, 1.807) is 13.1 Å². The number of aromatic amines is 1. The molecule has 0 saturated carbocycles. The van der Waals surface area contributed by atoms with Gasteiger partial charge in [0.15, 0.2) is 12.2 Å². The number of hydrogen-bond donors (Lipinski definition) is 3. The number of H-pyrrole nitrogens is 1. The molecule has 92 valence electrons. The second kappa shape index (κ2) is 5.18. The minimum absolute atomic E-state index is 0.205. The maximum atomic E-state index is 10.9. The lowest BCUT2D eigenvalue weighted by molar-refractivity contribution is -0.105. The predicted molar refractivity (Wildman–Crippen MR) is 73.0 cm³/mol. The molecule has 0 spiro atoms. The van der Waals surface area contributed by atoms with Gasteiger partial charge in [0, 0.05) is 18.8 Å². The largest absolute Gasteiger partial charge is 0.370 e. The Hall–Kier alpha value is -2.56. The third-order valence-corrected chi connectivity index (χ3v) is 2.54. The number of nitrogens with one attached hydrogen (secondary N) is 2. The summed E-state index contributed by atoms with van der Waals surface area (Å²) in [6, 6.07) is 7.84. The van der Waals surface area contributed by atoms with E-state index in [0.29, 0.717) is 12.0 Å². The summed E-state index contributed by atoms with van der Waals surface area (Å²) in [4.78, 5) is 17.8. The van der Waals surface area contributed by atoms with E-state index < -0.39 is 0 Å². The van der Waals surface area contributed by atoms with Crippen molar-refractivity contribution < 1.29 is 4.79 Å². The number of nitrogens with zero attached hydrogens (tertiary/aromatic N) is 1. The molecule has 5 heteroatoms. The first-order chi connectivity index (χ1) is 8.72. The molecule has 0 atom stereocenters. The molecule has 0 aliphatic rings. The zero-order valence-electron chi connectivity index (χ0n) is 9.97. The van der Waals surface area contributed by atoms with E-state index in [4.69, 9.17) is 5.73 Å². The van der Waals surface area contributed by atoms with Crippen LogP contribution in [0.2, 0.25) is 0 Å². The second-order valence-corrected chi connectivity index (χ2v) is 3.78. The van der Waals surface area contributed by atoms with Gasteiger partial charge in [-0.1, -0.05) is 6.07 Å². The number of rotatable bonds is 3. The van der Waals surface area contributed by atoms with Gasteiger partial charge in [-0.15, -0.1) is 0 Å². The summed E-state index contributed by atoms with van der Waals surface area (Å²) in [5, 5.41) is 3.81. The van der Waals surface area contributed by atoms with Gasteiger partial charge in [-0.2, -0.15) is 0 Å². The fraction of sp³-hybridized carbons (Fsp3) is 0.0769. The van der Waals surface area contributed by atoms with Crippen molar-refractivity contribution in [2.75, 3.05) is 7.05 Å². The molecule has 1 aromatic heterocycles. The number of fused-ring (bicyclic) bond motifs is 1. The first-order valence-corrected chi connectivity index (χ1v) is 5.46. The Labute approximate surface area is 104 Å². The number of aliphatic imine (C=N–C) groups is 1. The maximum Gasteiger partial charge on any atom is 0.192 e. The summed E-state index contributed by atoms with van der Waals surface area (Å²) in [5.41, 5.74) is 7.85. The standard InChI is InChI=1S/C13H14N4O/c1-15-13(14)17-11(8-18)7-9-2-3-12-10(6-9)4-5-16-12/h2-8,16H,1H3,(H3,14,15,17)/b11-7-. The van der Waals surface area contributed by atoms with Crippen molar-refractivity contribution in [1.29, 1.82) is 0 Å². The van der Waals surface area contributed by atoms with Gasteiger partial charge in [0.25, 0.3) is 0 Å². The number of hydrogen-bond acceptors (Lipinski definition) is 2. The first-order valence-electron chi connectivity index (χ1n) is 5.46. The highest BCUT2D eigenvalue weighted by Gasteiger charge is 1.99. The number of nitrogens with two attached hydrogens (primary N) is 1. The van der Waals surface area contributed by atoms with Gasteiger partial charge in [-0.25, -0.2) is 0 Å². The molecule has 0 aliphatic heterocycles. The predicted octanol–water partition coefficient (Wildman–Crippen LogP) is 1.24. The Morgan fingerprint density at radius 2 is 2.28 bits per heavy atom. The highest BCUT2D eigenvalue weighted by Crippen LogP contribution is 2.15. The van der Waals surface area contributed by atoms with Crippen molar-refractivity contribution in [1.82, 2.24) is 10.3 Å². The molecular weight excluding hydrogens is 228 g/mol.